The topological polar surface area (TPSA) is 89.7 Å². The number of aromatic nitrogens is 1. The summed E-state index contributed by atoms with van der Waals surface area (Å²) in [6.45, 7) is 1.26. The number of imide groups is 1. The molecule has 2 amide bonds. The number of amides is 2. The molecular formula is C21H16N2O5. The average molecular weight is 376 g/mol. The van der Waals surface area contributed by atoms with Gasteiger partial charge in [0.05, 0.1) is 17.3 Å². The minimum absolute atomic E-state index is 0.195. The van der Waals surface area contributed by atoms with Crippen LogP contribution in [-0.4, -0.2) is 33.7 Å². The molecule has 0 fully saturated rings. The fraction of sp³-hybridized carbons (Fsp3) is 0.143. The molecule has 1 aliphatic rings. The van der Waals surface area contributed by atoms with E-state index in [9.17, 15) is 14.4 Å². The number of nitrogens with zero attached hydrogens (tertiary/aromatic N) is 2. The molecule has 0 spiro atoms. The van der Waals surface area contributed by atoms with Gasteiger partial charge in [-0.3, -0.25) is 14.5 Å². The van der Waals surface area contributed by atoms with Crippen molar-refractivity contribution in [3.05, 3.63) is 77.8 Å². The summed E-state index contributed by atoms with van der Waals surface area (Å²) in [5.41, 5.74) is 1.42. The van der Waals surface area contributed by atoms with E-state index in [0.717, 1.165) is 10.5 Å². The van der Waals surface area contributed by atoms with E-state index in [0.29, 0.717) is 5.76 Å². The Kier molecular flexibility index (Phi) is 4.49. The van der Waals surface area contributed by atoms with E-state index in [1.807, 2.05) is 30.3 Å². The van der Waals surface area contributed by atoms with Crippen LogP contribution in [0.2, 0.25) is 0 Å². The van der Waals surface area contributed by atoms with Gasteiger partial charge in [-0.1, -0.05) is 42.5 Å². The summed E-state index contributed by atoms with van der Waals surface area (Å²) in [7, 11) is 0. The highest BCUT2D eigenvalue weighted by Gasteiger charge is 2.41. The van der Waals surface area contributed by atoms with Crippen LogP contribution in [0.5, 0.6) is 0 Å². The van der Waals surface area contributed by atoms with E-state index < -0.39 is 23.8 Å². The van der Waals surface area contributed by atoms with Crippen molar-refractivity contribution in [2.45, 2.75) is 19.6 Å². The van der Waals surface area contributed by atoms with Crippen molar-refractivity contribution in [2.24, 2.45) is 0 Å². The zero-order valence-electron chi connectivity index (χ0n) is 15.0. The third-order valence-electron chi connectivity index (χ3n) is 4.50. The van der Waals surface area contributed by atoms with Crippen LogP contribution in [0.25, 0.3) is 11.3 Å². The average Bonchev–Trinajstić information content (AvgIpc) is 3.30. The molecule has 3 aromatic rings. The first kappa shape index (κ1) is 17.7. The van der Waals surface area contributed by atoms with Crippen LogP contribution in [0.1, 0.15) is 33.5 Å². The normalized spacial score (nSPS) is 14.1. The molecule has 28 heavy (non-hydrogen) atoms. The van der Waals surface area contributed by atoms with Crippen molar-refractivity contribution in [1.82, 2.24) is 9.88 Å². The first-order chi connectivity index (χ1) is 13.6. The second kappa shape index (κ2) is 7.11. The van der Waals surface area contributed by atoms with Gasteiger partial charge in [0, 0.05) is 5.56 Å². The molecule has 7 heteroatoms. The molecule has 0 saturated carbocycles. The summed E-state index contributed by atoms with van der Waals surface area (Å²) in [6, 6.07) is 14.8. The molecule has 0 aliphatic carbocycles. The predicted molar refractivity (Wildman–Crippen MR) is 98.1 cm³/mol. The van der Waals surface area contributed by atoms with E-state index in [1.165, 1.54) is 6.92 Å². The smallest absolute Gasteiger partial charge is 0.329 e. The number of carbonyl (C=O) groups is 3. The summed E-state index contributed by atoms with van der Waals surface area (Å²) >= 11 is 0. The van der Waals surface area contributed by atoms with Gasteiger partial charge in [-0.05, 0) is 19.1 Å². The maximum Gasteiger partial charge on any atom is 0.329 e. The molecule has 0 N–H and O–H groups in total. The van der Waals surface area contributed by atoms with Crippen LogP contribution in [0.15, 0.2) is 65.2 Å². The Bertz CT molecular complexity index is 1020. The fourth-order valence-electron chi connectivity index (χ4n) is 3.03. The Hall–Kier alpha value is -3.74. The number of benzene rings is 2. The zero-order valence-corrected chi connectivity index (χ0v) is 15.0. The fourth-order valence-corrected chi connectivity index (χ4v) is 3.03. The first-order valence-corrected chi connectivity index (χ1v) is 8.70. The summed E-state index contributed by atoms with van der Waals surface area (Å²) in [6.07, 6.45) is 1.55. The van der Waals surface area contributed by atoms with Gasteiger partial charge >= 0.3 is 5.97 Å². The van der Waals surface area contributed by atoms with Crippen molar-refractivity contribution in [1.29, 1.82) is 0 Å². The van der Waals surface area contributed by atoms with Crippen LogP contribution >= 0.6 is 0 Å². The zero-order chi connectivity index (χ0) is 19.7. The van der Waals surface area contributed by atoms with Crippen molar-refractivity contribution in [2.75, 3.05) is 0 Å². The molecule has 0 saturated heterocycles. The molecular weight excluding hydrogens is 360 g/mol. The molecule has 1 atom stereocenters. The molecule has 2 aromatic carbocycles. The Labute approximate surface area is 160 Å². The van der Waals surface area contributed by atoms with Gasteiger partial charge < -0.3 is 9.15 Å². The van der Waals surface area contributed by atoms with Gasteiger partial charge in [-0.25, -0.2) is 9.78 Å². The van der Waals surface area contributed by atoms with Crippen LogP contribution < -0.4 is 0 Å². The van der Waals surface area contributed by atoms with E-state index in [-0.39, 0.29) is 23.6 Å². The quantitative estimate of drug-likeness (QED) is 0.502. The molecule has 1 aliphatic heterocycles. The highest BCUT2D eigenvalue weighted by Crippen LogP contribution is 2.25. The Morgan fingerprint density at radius 1 is 1.04 bits per heavy atom. The maximum atomic E-state index is 12.5. The summed E-state index contributed by atoms with van der Waals surface area (Å²) in [5, 5.41) is 0. The highest BCUT2D eigenvalue weighted by molar-refractivity contribution is 6.22. The molecule has 4 rings (SSSR count). The second-order valence-corrected chi connectivity index (χ2v) is 6.29. The molecule has 0 radical (unpaired) electrons. The van der Waals surface area contributed by atoms with Gasteiger partial charge in [0.1, 0.15) is 6.04 Å². The van der Waals surface area contributed by atoms with E-state index in [1.54, 1.807) is 30.5 Å². The molecule has 0 bridgehead atoms. The lowest BCUT2D eigenvalue weighted by Gasteiger charge is -2.20. The minimum atomic E-state index is -1.06. The van der Waals surface area contributed by atoms with E-state index in [2.05, 4.69) is 4.98 Å². The number of fused-ring (bicyclic) bond motifs is 1. The SMILES string of the molecule is CC(C(=O)OCc1ncc(-c2ccccc2)o1)N1C(=O)c2ccccc2C1=O. The molecule has 1 aromatic heterocycles. The van der Waals surface area contributed by atoms with Crippen molar-refractivity contribution < 1.29 is 23.5 Å². The van der Waals surface area contributed by atoms with Crippen molar-refractivity contribution >= 4 is 17.8 Å². The van der Waals surface area contributed by atoms with Crippen molar-refractivity contribution in [3.63, 3.8) is 0 Å². The van der Waals surface area contributed by atoms with Gasteiger partial charge in [0.15, 0.2) is 12.4 Å². The lowest BCUT2D eigenvalue weighted by atomic mass is 10.1. The molecule has 7 nitrogen and oxygen atoms in total. The van der Waals surface area contributed by atoms with Gasteiger partial charge in [-0.2, -0.15) is 0 Å². The summed E-state index contributed by atoms with van der Waals surface area (Å²) in [4.78, 5) is 42.3. The number of oxazole rings is 1. The largest absolute Gasteiger partial charge is 0.454 e. The Morgan fingerprint density at radius 2 is 1.64 bits per heavy atom. The summed E-state index contributed by atoms with van der Waals surface area (Å²) < 4.78 is 10.8. The highest BCUT2D eigenvalue weighted by atomic mass is 16.5. The monoisotopic (exact) mass is 376 g/mol. The summed E-state index contributed by atoms with van der Waals surface area (Å²) in [5.74, 6) is -0.948. The number of ether oxygens (including phenoxy) is 1. The predicted octanol–water partition coefficient (Wildman–Crippen LogP) is 3.07. The van der Waals surface area contributed by atoms with Crippen molar-refractivity contribution in [3.8, 4) is 11.3 Å². The third kappa shape index (κ3) is 3.07. The number of rotatable bonds is 5. The van der Waals surface area contributed by atoms with Gasteiger partial charge in [0.25, 0.3) is 11.8 Å². The molecule has 140 valence electrons. The minimum Gasteiger partial charge on any atom is -0.454 e. The molecule has 2 heterocycles. The first-order valence-electron chi connectivity index (χ1n) is 8.70. The Balaban J connectivity index is 1.42. The van der Waals surface area contributed by atoms with E-state index in [4.69, 9.17) is 9.15 Å². The van der Waals surface area contributed by atoms with Gasteiger partial charge in [0.2, 0.25) is 5.89 Å². The lowest BCUT2D eigenvalue weighted by molar-refractivity contribution is -0.149. The number of hydrogen-bond donors (Lipinski definition) is 0. The number of hydrogen-bond acceptors (Lipinski definition) is 6. The maximum absolute atomic E-state index is 12.5. The standard InChI is InChI=1S/C21H16N2O5/c1-13(23-19(24)15-9-5-6-10-16(15)20(23)25)21(26)27-12-18-22-11-17(28-18)14-7-3-2-4-8-14/h2-11,13H,12H2,1H3. The molecule has 1 unspecified atom stereocenters. The second-order valence-electron chi connectivity index (χ2n) is 6.29. The number of esters is 1. The van der Waals surface area contributed by atoms with Crippen LogP contribution in [0.4, 0.5) is 0 Å². The van der Waals surface area contributed by atoms with E-state index >= 15 is 0 Å². The van der Waals surface area contributed by atoms with Crippen LogP contribution in [0.3, 0.4) is 0 Å². The van der Waals surface area contributed by atoms with Crippen LogP contribution in [0, 0.1) is 0 Å². The lowest BCUT2D eigenvalue weighted by Crippen LogP contribution is -2.43. The Morgan fingerprint density at radius 3 is 2.29 bits per heavy atom. The number of carbonyl (C=O) groups excluding carboxylic acids is 3. The van der Waals surface area contributed by atoms with Crippen LogP contribution in [-0.2, 0) is 16.1 Å². The third-order valence-corrected chi connectivity index (χ3v) is 4.50. The van der Waals surface area contributed by atoms with Gasteiger partial charge in [-0.15, -0.1) is 0 Å².